The molecule has 7 heteroatoms. The van der Waals surface area contributed by atoms with Crippen molar-refractivity contribution in [2.75, 3.05) is 0 Å². The Balaban J connectivity index is 2.20. The van der Waals surface area contributed by atoms with Crippen LogP contribution < -0.4 is 11.3 Å². The molecule has 2 rings (SSSR count). The second kappa shape index (κ2) is 5.98. The number of nitrogens with zero attached hydrogens (tertiary/aromatic N) is 2. The molecule has 3 N–H and O–H groups in total. The summed E-state index contributed by atoms with van der Waals surface area (Å²) < 4.78 is 37.9. The van der Waals surface area contributed by atoms with Gasteiger partial charge < -0.3 is 0 Å². The summed E-state index contributed by atoms with van der Waals surface area (Å²) in [4.78, 5) is 8.00. The van der Waals surface area contributed by atoms with Crippen molar-refractivity contribution >= 4 is 0 Å². The largest absolute Gasteiger partial charge is 0.416 e. The SMILES string of the molecule is NNC(Cc1cccc(C(F)(F)F)c1)c1cnccn1. The molecule has 1 atom stereocenters. The quantitative estimate of drug-likeness (QED) is 0.667. The van der Waals surface area contributed by atoms with Crippen LogP contribution in [-0.4, -0.2) is 9.97 Å². The Morgan fingerprint density at radius 2 is 2.05 bits per heavy atom. The molecule has 0 aliphatic carbocycles. The Labute approximate surface area is 113 Å². The Morgan fingerprint density at radius 1 is 1.25 bits per heavy atom. The summed E-state index contributed by atoms with van der Waals surface area (Å²) in [6, 6.07) is 4.75. The van der Waals surface area contributed by atoms with Gasteiger partial charge >= 0.3 is 6.18 Å². The predicted molar refractivity (Wildman–Crippen MR) is 67.2 cm³/mol. The molecule has 0 amide bonds. The second-order valence-corrected chi connectivity index (χ2v) is 4.25. The fourth-order valence-corrected chi connectivity index (χ4v) is 1.85. The van der Waals surface area contributed by atoms with Crippen molar-refractivity contribution in [3.05, 3.63) is 59.7 Å². The van der Waals surface area contributed by atoms with E-state index in [0.717, 1.165) is 12.1 Å². The van der Waals surface area contributed by atoms with E-state index < -0.39 is 17.8 Å². The standard InChI is InChI=1S/C13H13F3N4/c14-13(15,16)10-3-1-2-9(6-10)7-11(20-17)12-8-18-4-5-19-12/h1-6,8,11,20H,7,17H2. The average molecular weight is 282 g/mol. The van der Waals surface area contributed by atoms with E-state index in [1.54, 1.807) is 6.07 Å². The maximum absolute atomic E-state index is 12.6. The number of benzene rings is 1. The van der Waals surface area contributed by atoms with E-state index >= 15 is 0 Å². The molecular weight excluding hydrogens is 269 g/mol. The van der Waals surface area contributed by atoms with Crippen molar-refractivity contribution in [2.45, 2.75) is 18.6 Å². The summed E-state index contributed by atoms with van der Waals surface area (Å²) in [6.45, 7) is 0. The summed E-state index contributed by atoms with van der Waals surface area (Å²) >= 11 is 0. The molecule has 2 aromatic rings. The molecule has 0 saturated heterocycles. The van der Waals surface area contributed by atoms with Gasteiger partial charge in [-0.05, 0) is 18.1 Å². The first kappa shape index (κ1) is 14.4. The minimum absolute atomic E-state index is 0.291. The summed E-state index contributed by atoms with van der Waals surface area (Å²) in [7, 11) is 0. The highest BCUT2D eigenvalue weighted by molar-refractivity contribution is 5.27. The van der Waals surface area contributed by atoms with Crippen LogP contribution in [0.4, 0.5) is 13.2 Å². The normalized spacial score (nSPS) is 13.2. The van der Waals surface area contributed by atoms with Gasteiger partial charge in [0.25, 0.3) is 0 Å². The molecule has 1 heterocycles. The minimum atomic E-state index is -4.35. The third-order valence-electron chi connectivity index (χ3n) is 2.84. The minimum Gasteiger partial charge on any atom is -0.271 e. The summed E-state index contributed by atoms with van der Waals surface area (Å²) in [5.74, 6) is 5.44. The number of hydrogen-bond donors (Lipinski definition) is 2. The molecule has 0 aliphatic heterocycles. The molecule has 1 unspecified atom stereocenters. The maximum atomic E-state index is 12.6. The van der Waals surface area contributed by atoms with Gasteiger partial charge in [-0.3, -0.25) is 21.2 Å². The number of nitrogens with two attached hydrogens (primary N) is 1. The summed E-state index contributed by atoms with van der Waals surface area (Å²) in [5, 5.41) is 0. The zero-order valence-corrected chi connectivity index (χ0v) is 10.4. The summed E-state index contributed by atoms with van der Waals surface area (Å²) in [5.41, 5.74) is 2.96. The van der Waals surface area contributed by atoms with E-state index in [4.69, 9.17) is 5.84 Å². The summed E-state index contributed by atoms with van der Waals surface area (Å²) in [6.07, 6.45) is 0.485. The fraction of sp³-hybridized carbons (Fsp3) is 0.231. The number of alkyl halides is 3. The van der Waals surface area contributed by atoms with Crippen LogP contribution in [-0.2, 0) is 12.6 Å². The lowest BCUT2D eigenvalue weighted by molar-refractivity contribution is -0.137. The van der Waals surface area contributed by atoms with Crippen molar-refractivity contribution in [1.82, 2.24) is 15.4 Å². The van der Waals surface area contributed by atoms with E-state index in [9.17, 15) is 13.2 Å². The third kappa shape index (κ3) is 3.52. The van der Waals surface area contributed by atoms with Crippen LogP contribution in [0.1, 0.15) is 22.9 Å². The molecule has 0 fully saturated rings. The molecule has 0 aliphatic rings. The molecule has 1 aromatic heterocycles. The lowest BCUT2D eigenvalue weighted by Gasteiger charge is -2.16. The highest BCUT2D eigenvalue weighted by Crippen LogP contribution is 2.30. The Bertz CT molecular complexity index is 557. The van der Waals surface area contributed by atoms with Crippen LogP contribution in [0.2, 0.25) is 0 Å². The van der Waals surface area contributed by atoms with Crippen LogP contribution >= 0.6 is 0 Å². The second-order valence-electron chi connectivity index (χ2n) is 4.25. The van der Waals surface area contributed by atoms with E-state index in [1.165, 1.54) is 24.7 Å². The van der Waals surface area contributed by atoms with Gasteiger partial charge in [0.05, 0.1) is 23.5 Å². The van der Waals surface area contributed by atoms with Gasteiger partial charge in [-0.1, -0.05) is 18.2 Å². The molecular formula is C13H13F3N4. The first-order chi connectivity index (χ1) is 9.50. The maximum Gasteiger partial charge on any atom is 0.416 e. The zero-order valence-electron chi connectivity index (χ0n) is 10.4. The smallest absolute Gasteiger partial charge is 0.271 e. The number of hydrazine groups is 1. The predicted octanol–water partition coefficient (Wildman–Crippen LogP) is 2.24. The monoisotopic (exact) mass is 282 g/mol. The number of aromatic nitrogens is 2. The molecule has 0 bridgehead atoms. The van der Waals surface area contributed by atoms with Crippen molar-refractivity contribution < 1.29 is 13.2 Å². The van der Waals surface area contributed by atoms with Gasteiger partial charge in [0.15, 0.2) is 0 Å². The van der Waals surface area contributed by atoms with E-state index in [1.807, 2.05) is 0 Å². The number of rotatable bonds is 4. The molecule has 106 valence electrons. The van der Waals surface area contributed by atoms with Crippen LogP contribution in [0.5, 0.6) is 0 Å². The van der Waals surface area contributed by atoms with Crippen molar-refractivity contribution in [1.29, 1.82) is 0 Å². The van der Waals surface area contributed by atoms with Gasteiger partial charge in [0.2, 0.25) is 0 Å². The molecule has 1 aromatic carbocycles. The van der Waals surface area contributed by atoms with E-state index in [2.05, 4.69) is 15.4 Å². The molecule has 0 spiro atoms. The Morgan fingerprint density at radius 3 is 2.65 bits per heavy atom. The lowest BCUT2D eigenvalue weighted by Crippen LogP contribution is -2.30. The van der Waals surface area contributed by atoms with Crippen molar-refractivity contribution in [2.24, 2.45) is 5.84 Å². The first-order valence-electron chi connectivity index (χ1n) is 5.89. The van der Waals surface area contributed by atoms with Gasteiger partial charge in [0, 0.05) is 12.4 Å². The Hall–Kier alpha value is -1.99. The number of halogens is 3. The fourth-order valence-electron chi connectivity index (χ4n) is 1.85. The average Bonchev–Trinajstić information content (AvgIpc) is 2.45. The highest BCUT2D eigenvalue weighted by atomic mass is 19.4. The van der Waals surface area contributed by atoms with Crippen molar-refractivity contribution in [3.63, 3.8) is 0 Å². The van der Waals surface area contributed by atoms with Gasteiger partial charge in [0.1, 0.15) is 0 Å². The van der Waals surface area contributed by atoms with Crippen LogP contribution in [0, 0.1) is 0 Å². The van der Waals surface area contributed by atoms with Crippen LogP contribution in [0.15, 0.2) is 42.9 Å². The van der Waals surface area contributed by atoms with E-state index in [-0.39, 0.29) is 0 Å². The zero-order chi connectivity index (χ0) is 14.6. The highest BCUT2D eigenvalue weighted by Gasteiger charge is 2.30. The molecule has 4 nitrogen and oxygen atoms in total. The molecule has 20 heavy (non-hydrogen) atoms. The van der Waals surface area contributed by atoms with Crippen LogP contribution in [0.3, 0.4) is 0 Å². The molecule has 0 radical (unpaired) electrons. The van der Waals surface area contributed by atoms with Crippen LogP contribution in [0.25, 0.3) is 0 Å². The number of nitrogens with one attached hydrogen (secondary N) is 1. The van der Waals surface area contributed by atoms with Gasteiger partial charge in [-0.2, -0.15) is 13.2 Å². The Kier molecular flexibility index (Phi) is 4.31. The first-order valence-corrected chi connectivity index (χ1v) is 5.89. The van der Waals surface area contributed by atoms with E-state index in [0.29, 0.717) is 17.7 Å². The third-order valence-corrected chi connectivity index (χ3v) is 2.84. The topological polar surface area (TPSA) is 63.8 Å². The number of hydrogen-bond acceptors (Lipinski definition) is 4. The molecule has 0 saturated carbocycles. The lowest BCUT2D eigenvalue weighted by atomic mass is 10.0. The van der Waals surface area contributed by atoms with Crippen molar-refractivity contribution in [3.8, 4) is 0 Å². The van der Waals surface area contributed by atoms with Gasteiger partial charge in [-0.15, -0.1) is 0 Å². The van der Waals surface area contributed by atoms with Gasteiger partial charge in [-0.25, -0.2) is 0 Å².